The van der Waals surface area contributed by atoms with Crippen molar-refractivity contribution in [2.75, 3.05) is 13.1 Å². The van der Waals surface area contributed by atoms with Crippen LogP contribution in [0.3, 0.4) is 0 Å². The molecule has 7 heteroatoms. The van der Waals surface area contributed by atoms with Crippen molar-refractivity contribution in [3.05, 3.63) is 23.9 Å². The summed E-state index contributed by atoms with van der Waals surface area (Å²) in [4.78, 5) is 29.5. The minimum Gasteiger partial charge on any atom is -0.479 e. The molecule has 1 aromatic rings. The Morgan fingerprint density at radius 1 is 1.20 bits per heavy atom. The molecule has 1 aromatic heterocycles. The molecule has 2 heterocycles. The van der Waals surface area contributed by atoms with E-state index < -0.39 is 11.6 Å². The van der Waals surface area contributed by atoms with E-state index in [1.165, 1.54) is 6.42 Å². The molecule has 3 rings (SSSR count). The summed E-state index contributed by atoms with van der Waals surface area (Å²) in [6.45, 7) is 0.422. The van der Waals surface area contributed by atoms with Crippen LogP contribution >= 0.6 is 0 Å². The van der Waals surface area contributed by atoms with Crippen molar-refractivity contribution >= 4 is 11.9 Å². The monoisotopic (exact) mass is 348 g/mol. The molecule has 0 spiro atoms. The third-order valence-electron chi connectivity index (χ3n) is 5.10. The number of carboxylic acids is 1. The van der Waals surface area contributed by atoms with E-state index >= 15 is 0 Å². The molecule has 136 valence electrons. The van der Waals surface area contributed by atoms with E-state index in [2.05, 4.69) is 4.98 Å². The first-order valence-corrected chi connectivity index (χ1v) is 8.86. The lowest BCUT2D eigenvalue weighted by Gasteiger charge is -2.35. The average Bonchev–Trinajstić information content (AvgIpc) is 2.63. The Labute approximate surface area is 146 Å². The summed E-state index contributed by atoms with van der Waals surface area (Å²) >= 11 is 0. The summed E-state index contributed by atoms with van der Waals surface area (Å²) in [5, 5.41) is 19.0. The van der Waals surface area contributed by atoms with E-state index in [1.807, 2.05) is 0 Å². The second-order valence-electron chi connectivity index (χ2n) is 6.89. The molecule has 2 N–H and O–H groups in total. The number of piperidine rings is 1. The number of ether oxygens (including phenoxy) is 1. The van der Waals surface area contributed by atoms with E-state index in [-0.39, 0.29) is 37.9 Å². The lowest BCUT2D eigenvalue weighted by atomic mass is 9.91. The number of carbonyl (C=O) groups excluding carboxylic acids is 1. The van der Waals surface area contributed by atoms with Crippen LogP contribution in [-0.4, -0.2) is 56.8 Å². The first-order chi connectivity index (χ1) is 12.0. The van der Waals surface area contributed by atoms with Crippen molar-refractivity contribution in [1.82, 2.24) is 9.88 Å². The van der Waals surface area contributed by atoms with Crippen LogP contribution < -0.4 is 4.74 Å². The molecule has 7 nitrogen and oxygen atoms in total. The van der Waals surface area contributed by atoms with Gasteiger partial charge in [0.1, 0.15) is 6.10 Å². The van der Waals surface area contributed by atoms with Gasteiger partial charge in [-0.2, -0.15) is 0 Å². The first-order valence-electron chi connectivity index (χ1n) is 8.86. The number of aromatic nitrogens is 1. The zero-order valence-corrected chi connectivity index (χ0v) is 14.2. The number of carbonyl (C=O) groups is 2. The maximum atomic E-state index is 12.6. The number of carboxylic acid groups (broad SMARTS) is 1. The van der Waals surface area contributed by atoms with Crippen LogP contribution in [-0.2, 0) is 4.79 Å². The molecular weight excluding hydrogens is 324 g/mol. The number of hydrogen-bond acceptors (Lipinski definition) is 5. The Bertz CT molecular complexity index is 634. The van der Waals surface area contributed by atoms with Crippen molar-refractivity contribution in [2.24, 2.45) is 0 Å². The van der Waals surface area contributed by atoms with Crippen LogP contribution in [0.25, 0.3) is 0 Å². The number of hydrogen-bond donors (Lipinski definition) is 2. The predicted octanol–water partition coefficient (Wildman–Crippen LogP) is 1.84. The van der Waals surface area contributed by atoms with E-state index in [1.54, 1.807) is 23.2 Å². The topological polar surface area (TPSA) is 100.0 Å². The highest BCUT2D eigenvalue weighted by Gasteiger charge is 2.40. The van der Waals surface area contributed by atoms with E-state index in [9.17, 15) is 14.7 Å². The largest absolute Gasteiger partial charge is 0.479 e. The maximum absolute atomic E-state index is 12.6. The second-order valence-corrected chi connectivity index (χ2v) is 6.89. The van der Waals surface area contributed by atoms with Crippen LogP contribution in [0.15, 0.2) is 18.3 Å². The minimum atomic E-state index is -1.73. The fourth-order valence-electron chi connectivity index (χ4n) is 3.44. The number of nitrogens with zero attached hydrogens (tertiary/aromatic N) is 2. The SMILES string of the molecule is O=C(c1ccnc(OC2CCCCC2)c1)N1CCC(O)(C(=O)O)CC1. The van der Waals surface area contributed by atoms with Gasteiger partial charge in [-0.1, -0.05) is 6.42 Å². The molecule has 1 aliphatic heterocycles. The van der Waals surface area contributed by atoms with Crippen LogP contribution in [0.4, 0.5) is 0 Å². The van der Waals surface area contributed by atoms with Gasteiger partial charge in [-0.05, 0) is 31.7 Å². The summed E-state index contributed by atoms with van der Waals surface area (Å²) in [7, 11) is 0. The lowest BCUT2D eigenvalue weighted by molar-refractivity contribution is -0.162. The molecule has 0 bridgehead atoms. The van der Waals surface area contributed by atoms with Crippen molar-refractivity contribution < 1.29 is 24.5 Å². The van der Waals surface area contributed by atoms with E-state index in [0.29, 0.717) is 11.4 Å². The summed E-state index contributed by atoms with van der Waals surface area (Å²) in [6, 6.07) is 3.28. The Morgan fingerprint density at radius 2 is 1.88 bits per heavy atom. The van der Waals surface area contributed by atoms with Gasteiger partial charge >= 0.3 is 5.97 Å². The number of aliphatic carboxylic acids is 1. The van der Waals surface area contributed by atoms with Crippen molar-refractivity contribution in [2.45, 2.75) is 56.7 Å². The van der Waals surface area contributed by atoms with E-state index in [0.717, 1.165) is 25.7 Å². The summed E-state index contributed by atoms with van der Waals surface area (Å²) in [5.74, 6) is -0.966. The van der Waals surface area contributed by atoms with Gasteiger partial charge in [0.2, 0.25) is 5.88 Å². The van der Waals surface area contributed by atoms with Crippen LogP contribution in [0.2, 0.25) is 0 Å². The molecule has 0 radical (unpaired) electrons. The van der Waals surface area contributed by atoms with Gasteiger partial charge < -0.3 is 19.8 Å². The number of amides is 1. The lowest BCUT2D eigenvalue weighted by Crippen LogP contribution is -2.50. The van der Waals surface area contributed by atoms with Crippen LogP contribution in [0.5, 0.6) is 5.88 Å². The van der Waals surface area contributed by atoms with Gasteiger partial charge in [-0.3, -0.25) is 4.79 Å². The molecule has 2 fully saturated rings. The highest BCUT2D eigenvalue weighted by atomic mass is 16.5. The predicted molar refractivity (Wildman–Crippen MR) is 89.5 cm³/mol. The summed E-state index contributed by atoms with van der Waals surface area (Å²) in [6.07, 6.45) is 7.36. The highest BCUT2D eigenvalue weighted by molar-refractivity contribution is 5.94. The standard InChI is InChI=1S/C18H24N2O5/c21-16(20-10-7-18(24,8-11-20)17(22)23)13-6-9-19-15(12-13)25-14-4-2-1-3-5-14/h6,9,12,14,24H,1-5,7-8,10-11H2,(H,22,23). The quantitative estimate of drug-likeness (QED) is 0.861. The number of pyridine rings is 1. The van der Waals surface area contributed by atoms with Gasteiger partial charge in [0.15, 0.2) is 5.60 Å². The third kappa shape index (κ3) is 4.10. The molecule has 1 aliphatic carbocycles. The second kappa shape index (κ2) is 7.39. The Balaban J connectivity index is 1.62. The van der Waals surface area contributed by atoms with Crippen molar-refractivity contribution in [3.8, 4) is 5.88 Å². The molecule has 2 aliphatic rings. The normalized spacial score (nSPS) is 20.9. The molecule has 1 amide bonds. The molecule has 0 unspecified atom stereocenters. The van der Waals surface area contributed by atoms with Crippen LogP contribution in [0, 0.1) is 0 Å². The average molecular weight is 348 g/mol. The molecular formula is C18H24N2O5. The Kier molecular flexibility index (Phi) is 5.22. The zero-order chi connectivity index (χ0) is 17.9. The molecule has 0 aromatic carbocycles. The third-order valence-corrected chi connectivity index (χ3v) is 5.10. The summed E-state index contributed by atoms with van der Waals surface area (Å²) < 4.78 is 5.90. The van der Waals surface area contributed by atoms with Crippen molar-refractivity contribution in [3.63, 3.8) is 0 Å². The minimum absolute atomic E-state index is 0.0323. The molecule has 0 atom stereocenters. The number of aliphatic hydroxyl groups is 1. The Morgan fingerprint density at radius 3 is 2.52 bits per heavy atom. The van der Waals surface area contributed by atoms with Gasteiger partial charge in [0.25, 0.3) is 5.91 Å². The molecule has 25 heavy (non-hydrogen) atoms. The molecule has 1 saturated carbocycles. The zero-order valence-electron chi connectivity index (χ0n) is 14.2. The van der Waals surface area contributed by atoms with Gasteiger partial charge in [-0.15, -0.1) is 0 Å². The smallest absolute Gasteiger partial charge is 0.335 e. The van der Waals surface area contributed by atoms with Crippen molar-refractivity contribution in [1.29, 1.82) is 0 Å². The fourth-order valence-corrected chi connectivity index (χ4v) is 3.44. The maximum Gasteiger partial charge on any atom is 0.335 e. The Hall–Kier alpha value is -2.15. The van der Waals surface area contributed by atoms with Gasteiger partial charge in [0, 0.05) is 43.8 Å². The van der Waals surface area contributed by atoms with E-state index in [4.69, 9.17) is 9.84 Å². The fraction of sp³-hybridized carbons (Fsp3) is 0.611. The van der Waals surface area contributed by atoms with Gasteiger partial charge in [-0.25, -0.2) is 9.78 Å². The first kappa shape index (κ1) is 17.7. The number of rotatable bonds is 4. The molecule has 1 saturated heterocycles. The number of likely N-dealkylation sites (tertiary alicyclic amines) is 1. The van der Waals surface area contributed by atoms with Gasteiger partial charge in [0.05, 0.1) is 0 Å². The highest BCUT2D eigenvalue weighted by Crippen LogP contribution is 2.25. The van der Waals surface area contributed by atoms with Crippen LogP contribution in [0.1, 0.15) is 55.3 Å². The summed E-state index contributed by atoms with van der Waals surface area (Å²) in [5.41, 5.74) is -1.26.